The van der Waals surface area contributed by atoms with Crippen LogP contribution in [0.25, 0.3) is 43.5 Å². The summed E-state index contributed by atoms with van der Waals surface area (Å²) in [6, 6.07) is 2.33. The molecule has 1 aliphatic carbocycles. The van der Waals surface area contributed by atoms with E-state index < -0.39 is 24.3 Å². The highest BCUT2D eigenvalue weighted by Gasteiger charge is 2.39. The predicted molar refractivity (Wildman–Crippen MR) is 147 cm³/mol. The second-order valence-electron chi connectivity index (χ2n) is 9.60. The van der Waals surface area contributed by atoms with Crippen LogP contribution in [0.5, 0.6) is 0 Å². The number of anilines is 1. The summed E-state index contributed by atoms with van der Waals surface area (Å²) in [5.74, 6) is -4.43. The Morgan fingerprint density at radius 3 is 2.11 bits per heavy atom. The van der Waals surface area contributed by atoms with Crippen molar-refractivity contribution < 1.29 is 55.7 Å². The number of thiophene rings is 1. The summed E-state index contributed by atoms with van der Waals surface area (Å²) in [4.78, 5) is 22.2. The molecule has 0 unspecified atom stereocenters. The topological polar surface area (TPSA) is 190 Å². The first-order valence-corrected chi connectivity index (χ1v) is 13.6. The van der Waals surface area contributed by atoms with E-state index in [1.165, 1.54) is 0 Å². The lowest BCUT2D eigenvalue weighted by atomic mass is 9.93. The largest absolute Gasteiger partial charge is 0.490 e. The van der Waals surface area contributed by atoms with Crippen LogP contribution in [0.2, 0.25) is 0 Å². The number of hydrogen-bond acceptors (Lipinski definition) is 10. The number of nitrogen functional groups attached to an aromatic ring is 1. The van der Waals surface area contributed by atoms with Gasteiger partial charge in [0.15, 0.2) is 11.4 Å². The molecule has 0 amide bonds. The molecule has 0 spiro atoms. The third-order valence-corrected chi connectivity index (χ3v) is 7.51. The smallest absolute Gasteiger partial charge is 0.475 e. The van der Waals surface area contributed by atoms with Crippen molar-refractivity contribution in [2.75, 3.05) is 5.73 Å². The number of nitrogens with zero attached hydrogens (tertiary/aromatic N) is 5. The fourth-order valence-corrected chi connectivity index (χ4v) is 5.27. The lowest BCUT2D eigenvalue weighted by molar-refractivity contribution is -0.193. The van der Waals surface area contributed by atoms with Gasteiger partial charge in [0.05, 0.1) is 35.4 Å². The lowest BCUT2D eigenvalue weighted by Crippen LogP contribution is -2.21. The quantitative estimate of drug-likeness (QED) is 0.174. The molecular formula is C26H22F6N6O6S. The summed E-state index contributed by atoms with van der Waals surface area (Å²) in [5.41, 5.74) is 9.59. The van der Waals surface area contributed by atoms with Gasteiger partial charge in [-0.15, -0.1) is 11.3 Å². The van der Waals surface area contributed by atoms with Gasteiger partial charge in [-0.2, -0.15) is 41.6 Å². The van der Waals surface area contributed by atoms with Crippen LogP contribution in [0.4, 0.5) is 32.2 Å². The van der Waals surface area contributed by atoms with E-state index in [4.69, 9.17) is 30.0 Å². The number of aliphatic carboxylic acids is 2. The molecule has 0 bridgehead atoms. The summed E-state index contributed by atoms with van der Waals surface area (Å²) >= 11 is 1.60. The zero-order valence-corrected chi connectivity index (χ0v) is 23.4. The minimum absolute atomic E-state index is 0.185. The molecule has 5 aromatic rings. The van der Waals surface area contributed by atoms with Crippen LogP contribution < -0.4 is 5.73 Å². The maximum absolute atomic E-state index is 10.6. The van der Waals surface area contributed by atoms with Crippen LogP contribution in [-0.2, 0) is 9.59 Å². The molecule has 6 rings (SSSR count). The third kappa shape index (κ3) is 7.85. The van der Waals surface area contributed by atoms with Crippen molar-refractivity contribution >= 4 is 50.1 Å². The predicted octanol–water partition coefficient (Wildman–Crippen LogP) is 5.69. The molecule has 12 nitrogen and oxygen atoms in total. The Balaban J connectivity index is 0.000000277. The number of fused-ring (bicyclic) bond motifs is 2. The normalized spacial score (nSPS) is 16.9. The molecule has 45 heavy (non-hydrogen) atoms. The number of nitrogens with two attached hydrogens (primary N) is 1. The van der Waals surface area contributed by atoms with Gasteiger partial charge in [-0.25, -0.2) is 14.6 Å². The molecule has 0 atom stereocenters. The van der Waals surface area contributed by atoms with Gasteiger partial charge in [-0.05, 0) is 31.7 Å². The Hall–Kier alpha value is -4.78. The molecular weight excluding hydrogens is 638 g/mol. The van der Waals surface area contributed by atoms with Crippen molar-refractivity contribution in [2.24, 2.45) is 0 Å². The van der Waals surface area contributed by atoms with Crippen LogP contribution in [-0.4, -0.2) is 70.7 Å². The highest BCUT2D eigenvalue weighted by atomic mass is 32.1. The van der Waals surface area contributed by atoms with E-state index in [1.54, 1.807) is 29.9 Å². The Morgan fingerprint density at radius 1 is 0.911 bits per heavy atom. The number of aliphatic hydroxyl groups is 1. The number of pyridine rings is 1. The van der Waals surface area contributed by atoms with Crippen molar-refractivity contribution in [1.29, 1.82) is 0 Å². The van der Waals surface area contributed by atoms with Gasteiger partial charge >= 0.3 is 24.3 Å². The number of carboxylic acid groups (broad SMARTS) is 2. The summed E-state index contributed by atoms with van der Waals surface area (Å²) in [6.07, 6.45) is 2.35. The Morgan fingerprint density at radius 2 is 1.51 bits per heavy atom. The molecule has 1 fully saturated rings. The molecule has 5 heterocycles. The molecule has 5 N–H and O–H groups in total. The van der Waals surface area contributed by atoms with Crippen molar-refractivity contribution in [1.82, 2.24) is 25.0 Å². The minimum atomic E-state index is -5.08. The monoisotopic (exact) mass is 660 g/mol. The van der Waals surface area contributed by atoms with Gasteiger partial charge < -0.3 is 25.5 Å². The Kier molecular flexibility index (Phi) is 9.62. The second kappa shape index (κ2) is 13.1. The van der Waals surface area contributed by atoms with Crippen molar-refractivity contribution in [3.05, 3.63) is 42.4 Å². The first-order valence-electron chi connectivity index (χ1n) is 12.7. The lowest BCUT2D eigenvalue weighted by Gasteiger charge is -2.25. The number of alkyl halides is 6. The van der Waals surface area contributed by atoms with Gasteiger partial charge in [0, 0.05) is 45.2 Å². The van der Waals surface area contributed by atoms with Crippen LogP contribution in [0.3, 0.4) is 0 Å². The van der Waals surface area contributed by atoms with Crippen LogP contribution in [0, 0.1) is 0 Å². The molecule has 1 saturated carbocycles. The number of rotatable bonds is 3. The Labute approximate surface area is 251 Å². The maximum Gasteiger partial charge on any atom is 0.490 e. The molecule has 0 aliphatic heterocycles. The number of aliphatic hydroxyl groups excluding tert-OH is 1. The van der Waals surface area contributed by atoms with E-state index in [-0.39, 0.29) is 6.10 Å². The molecule has 0 aromatic carbocycles. The minimum Gasteiger partial charge on any atom is -0.475 e. The van der Waals surface area contributed by atoms with E-state index in [0.717, 1.165) is 63.6 Å². The molecule has 0 saturated heterocycles. The van der Waals surface area contributed by atoms with Gasteiger partial charge in [-0.3, -0.25) is 4.68 Å². The summed E-state index contributed by atoms with van der Waals surface area (Å²) < 4.78 is 72.7. The zero-order valence-electron chi connectivity index (χ0n) is 22.6. The van der Waals surface area contributed by atoms with Crippen LogP contribution in [0.1, 0.15) is 31.7 Å². The van der Waals surface area contributed by atoms with Gasteiger partial charge in [0.25, 0.3) is 0 Å². The molecule has 5 aromatic heterocycles. The van der Waals surface area contributed by atoms with E-state index in [0.29, 0.717) is 17.4 Å². The van der Waals surface area contributed by atoms with Crippen molar-refractivity contribution in [3.63, 3.8) is 0 Å². The van der Waals surface area contributed by atoms with Gasteiger partial charge in [-0.1, -0.05) is 0 Å². The van der Waals surface area contributed by atoms with E-state index in [9.17, 15) is 31.4 Å². The van der Waals surface area contributed by atoms with Gasteiger partial charge in [0.1, 0.15) is 5.76 Å². The Bertz CT molecular complexity index is 1790. The fraction of sp³-hybridized carbons (Fsp3) is 0.308. The molecule has 1 aliphatic rings. The standard InChI is InChI=1S/C22H20N6O2S.2C2HF3O2/c23-22-21-15(5-19(30-21)18-11-31-20-9-26-25-8-17(18)20)16(7-24-22)12-6-27-28(10-12)13-1-3-14(29)4-2-13;2*3-2(4,5)1(6)7/h5-11,13-14,29H,1-4H2,(H2,23,24);2*(H,6,7)/t13-,14-;;. The first kappa shape index (κ1) is 33.1. The number of carboxylic acids is 2. The summed E-state index contributed by atoms with van der Waals surface area (Å²) in [5, 5.41) is 40.5. The van der Waals surface area contributed by atoms with Gasteiger partial charge in [0.2, 0.25) is 0 Å². The summed E-state index contributed by atoms with van der Waals surface area (Å²) in [7, 11) is 0. The maximum atomic E-state index is 10.6. The highest BCUT2D eigenvalue weighted by Crippen LogP contribution is 2.40. The summed E-state index contributed by atoms with van der Waals surface area (Å²) in [6.45, 7) is 0. The average Bonchev–Trinajstić information content (AvgIpc) is 3.72. The van der Waals surface area contributed by atoms with Crippen molar-refractivity contribution in [3.8, 4) is 22.5 Å². The highest BCUT2D eigenvalue weighted by molar-refractivity contribution is 7.17. The van der Waals surface area contributed by atoms with E-state index >= 15 is 0 Å². The van der Waals surface area contributed by atoms with Crippen molar-refractivity contribution in [2.45, 2.75) is 50.2 Å². The average molecular weight is 661 g/mol. The molecule has 19 heteroatoms. The van der Waals surface area contributed by atoms with E-state index in [1.807, 2.05) is 22.3 Å². The van der Waals surface area contributed by atoms with E-state index in [2.05, 4.69) is 26.5 Å². The molecule has 240 valence electrons. The number of halogens is 6. The second-order valence-corrected chi connectivity index (χ2v) is 10.5. The fourth-order valence-electron chi connectivity index (χ4n) is 4.39. The zero-order chi connectivity index (χ0) is 33.1. The number of furan rings is 1. The number of aromatic nitrogens is 5. The number of hydrogen-bond donors (Lipinski definition) is 4. The molecule has 0 radical (unpaired) electrons. The SMILES string of the molecule is Nc1ncc(-c2cnn([C@H]3CC[C@H](O)CC3)c2)c2cc(-c3csc4cnncc34)oc12.O=C(O)C(F)(F)F.O=C(O)C(F)(F)F. The number of carbonyl (C=O) groups is 2. The third-order valence-electron chi connectivity index (χ3n) is 6.58. The van der Waals surface area contributed by atoms with Crippen LogP contribution in [0.15, 0.2) is 46.8 Å². The first-order chi connectivity index (χ1) is 21.1. The van der Waals surface area contributed by atoms with Crippen LogP contribution >= 0.6 is 11.3 Å².